The van der Waals surface area contributed by atoms with Crippen molar-refractivity contribution in [3.63, 3.8) is 0 Å². The number of nitrogens with two attached hydrogens (primary N) is 1. The summed E-state index contributed by atoms with van der Waals surface area (Å²) in [6.45, 7) is 0. The van der Waals surface area contributed by atoms with Gasteiger partial charge < -0.3 is 11.1 Å². The summed E-state index contributed by atoms with van der Waals surface area (Å²) in [5.41, 5.74) is 5.98. The summed E-state index contributed by atoms with van der Waals surface area (Å²) >= 11 is 5.74. The number of carbonyl (C=O) groups is 1. The van der Waals surface area contributed by atoms with E-state index in [-0.39, 0.29) is 5.56 Å². The van der Waals surface area contributed by atoms with Crippen LogP contribution in [0.25, 0.3) is 0 Å². The molecule has 1 amide bonds. The van der Waals surface area contributed by atoms with Gasteiger partial charge in [0.15, 0.2) is 0 Å². The van der Waals surface area contributed by atoms with E-state index in [1.54, 1.807) is 0 Å². The fourth-order valence-corrected chi connectivity index (χ4v) is 1.61. The summed E-state index contributed by atoms with van der Waals surface area (Å²) in [5, 5.41) is 2.80. The van der Waals surface area contributed by atoms with E-state index in [1.807, 2.05) is 0 Å². The third kappa shape index (κ3) is 3.00. The molecular formula is C13H9ClF2N2O. The van der Waals surface area contributed by atoms with E-state index >= 15 is 0 Å². The van der Waals surface area contributed by atoms with Crippen LogP contribution in [0.3, 0.4) is 0 Å². The fraction of sp³-hybridized carbons (Fsp3) is 0. The van der Waals surface area contributed by atoms with Gasteiger partial charge in [-0.3, -0.25) is 4.79 Å². The zero-order chi connectivity index (χ0) is 14.0. The van der Waals surface area contributed by atoms with Gasteiger partial charge in [0, 0.05) is 11.8 Å². The molecule has 0 bridgehead atoms. The van der Waals surface area contributed by atoms with Crippen molar-refractivity contribution in [3.05, 3.63) is 58.6 Å². The number of amides is 1. The van der Waals surface area contributed by atoms with Crippen LogP contribution in [-0.4, -0.2) is 5.91 Å². The van der Waals surface area contributed by atoms with Crippen molar-refractivity contribution in [2.24, 2.45) is 0 Å². The maximum absolute atomic E-state index is 13.4. The van der Waals surface area contributed by atoms with Crippen molar-refractivity contribution < 1.29 is 13.6 Å². The van der Waals surface area contributed by atoms with Gasteiger partial charge in [-0.15, -0.1) is 0 Å². The Labute approximate surface area is 113 Å². The summed E-state index contributed by atoms with van der Waals surface area (Å²) in [4.78, 5) is 11.8. The SMILES string of the molecule is Nc1cc(NC(=O)c2ccc(F)cc2F)ccc1Cl. The van der Waals surface area contributed by atoms with Crippen LogP contribution < -0.4 is 11.1 Å². The molecule has 0 aliphatic heterocycles. The van der Waals surface area contributed by atoms with Gasteiger partial charge in [0.2, 0.25) is 0 Å². The molecule has 0 saturated carbocycles. The molecular weight excluding hydrogens is 274 g/mol. The minimum Gasteiger partial charge on any atom is -0.397 e. The predicted octanol–water partition coefficient (Wildman–Crippen LogP) is 3.45. The zero-order valence-corrected chi connectivity index (χ0v) is 10.3. The number of hydrogen-bond acceptors (Lipinski definition) is 2. The molecule has 0 radical (unpaired) electrons. The van der Waals surface area contributed by atoms with Gasteiger partial charge >= 0.3 is 0 Å². The molecule has 0 fully saturated rings. The van der Waals surface area contributed by atoms with Gasteiger partial charge in [0.1, 0.15) is 11.6 Å². The van der Waals surface area contributed by atoms with Gasteiger partial charge in [-0.2, -0.15) is 0 Å². The van der Waals surface area contributed by atoms with Gasteiger partial charge in [-0.25, -0.2) is 8.78 Å². The molecule has 2 rings (SSSR count). The van der Waals surface area contributed by atoms with Gasteiger partial charge in [0.25, 0.3) is 5.91 Å². The average Bonchev–Trinajstić information content (AvgIpc) is 2.33. The number of halogens is 3. The van der Waals surface area contributed by atoms with Crippen LogP contribution in [0.2, 0.25) is 5.02 Å². The Balaban J connectivity index is 2.23. The topological polar surface area (TPSA) is 55.1 Å². The van der Waals surface area contributed by atoms with Crippen molar-refractivity contribution >= 4 is 28.9 Å². The molecule has 2 aromatic rings. The van der Waals surface area contributed by atoms with Crippen molar-refractivity contribution in [1.29, 1.82) is 0 Å². The fourth-order valence-electron chi connectivity index (χ4n) is 1.49. The number of nitrogen functional groups attached to an aromatic ring is 1. The second-order valence-electron chi connectivity index (χ2n) is 3.81. The van der Waals surface area contributed by atoms with Crippen LogP contribution in [0.5, 0.6) is 0 Å². The highest BCUT2D eigenvalue weighted by atomic mass is 35.5. The summed E-state index contributed by atoms with van der Waals surface area (Å²) in [6, 6.07) is 7.20. The van der Waals surface area contributed by atoms with E-state index in [9.17, 15) is 13.6 Å². The van der Waals surface area contributed by atoms with E-state index in [1.165, 1.54) is 18.2 Å². The highest BCUT2D eigenvalue weighted by Crippen LogP contribution is 2.23. The van der Waals surface area contributed by atoms with Crippen LogP contribution in [0, 0.1) is 11.6 Å². The Kier molecular flexibility index (Phi) is 3.66. The Morgan fingerprint density at radius 3 is 2.53 bits per heavy atom. The number of benzene rings is 2. The van der Waals surface area contributed by atoms with Crippen LogP contribution in [0.4, 0.5) is 20.2 Å². The van der Waals surface area contributed by atoms with Crippen LogP contribution in [0.1, 0.15) is 10.4 Å². The van der Waals surface area contributed by atoms with Crippen molar-refractivity contribution in [2.75, 3.05) is 11.1 Å². The first-order valence-corrected chi connectivity index (χ1v) is 5.66. The quantitative estimate of drug-likeness (QED) is 0.829. The number of carbonyl (C=O) groups excluding carboxylic acids is 1. The number of hydrogen-bond donors (Lipinski definition) is 2. The standard InChI is InChI=1S/C13H9ClF2N2O/c14-10-4-2-8(6-12(10)17)18-13(19)9-3-1-7(15)5-11(9)16/h1-6H,17H2,(H,18,19). The second kappa shape index (κ2) is 5.24. The largest absolute Gasteiger partial charge is 0.397 e. The molecule has 0 spiro atoms. The molecule has 2 aromatic carbocycles. The maximum Gasteiger partial charge on any atom is 0.258 e. The normalized spacial score (nSPS) is 10.3. The predicted molar refractivity (Wildman–Crippen MR) is 70.2 cm³/mol. The molecule has 0 unspecified atom stereocenters. The minimum atomic E-state index is -0.931. The molecule has 0 aliphatic rings. The van der Waals surface area contributed by atoms with Crippen LogP contribution in [-0.2, 0) is 0 Å². The Bertz CT molecular complexity index is 647. The maximum atomic E-state index is 13.4. The first-order valence-electron chi connectivity index (χ1n) is 5.29. The Morgan fingerprint density at radius 2 is 1.89 bits per heavy atom. The zero-order valence-electron chi connectivity index (χ0n) is 9.58. The first kappa shape index (κ1) is 13.3. The molecule has 3 N–H and O–H groups in total. The van der Waals surface area contributed by atoms with E-state index in [0.29, 0.717) is 22.5 Å². The highest BCUT2D eigenvalue weighted by molar-refractivity contribution is 6.33. The van der Waals surface area contributed by atoms with Gasteiger partial charge in [0.05, 0.1) is 16.3 Å². The average molecular weight is 283 g/mol. The molecule has 0 aromatic heterocycles. The van der Waals surface area contributed by atoms with Crippen LogP contribution >= 0.6 is 11.6 Å². The molecule has 0 atom stereocenters. The lowest BCUT2D eigenvalue weighted by Gasteiger charge is -2.07. The molecule has 98 valence electrons. The molecule has 0 saturated heterocycles. The van der Waals surface area contributed by atoms with Crippen molar-refractivity contribution in [3.8, 4) is 0 Å². The lowest BCUT2D eigenvalue weighted by molar-refractivity contribution is 0.102. The van der Waals surface area contributed by atoms with Crippen molar-refractivity contribution in [1.82, 2.24) is 0 Å². The number of rotatable bonds is 2. The Hall–Kier alpha value is -2.14. The third-order valence-corrected chi connectivity index (χ3v) is 2.77. The smallest absolute Gasteiger partial charge is 0.258 e. The minimum absolute atomic E-state index is 0.255. The third-order valence-electron chi connectivity index (χ3n) is 2.43. The summed E-state index contributed by atoms with van der Waals surface area (Å²) in [5.74, 6) is -2.37. The molecule has 6 heteroatoms. The molecule has 0 aliphatic carbocycles. The monoisotopic (exact) mass is 282 g/mol. The van der Waals surface area contributed by atoms with E-state index in [0.717, 1.165) is 12.1 Å². The summed E-state index contributed by atoms with van der Waals surface area (Å²) in [6.07, 6.45) is 0. The molecule has 19 heavy (non-hydrogen) atoms. The van der Waals surface area contributed by atoms with Gasteiger partial charge in [-0.1, -0.05) is 11.6 Å². The number of nitrogens with one attached hydrogen (secondary N) is 1. The number of anilines is 2. The van der Waals surface area contributed by atoms with E-state index < -0.39 is 17.5 Å². The summed E-state index contributed by atoms with van der Waals surface area (Å²) in [7, 11) is 0. The first-order chi connectivity index (χ1) is 8.97. The van der Waals surface area contributed by atoms with E-state index in [4.69, 9.17) is 17.3 Å². The second-order valence-corrected chi connectivity index (χ2v) is 4.22. The van der Waals surface area contributed by atoms with Gasteiger partial charge in [-0.05, 0) is 30.3 Å². The lowest BCUT2D eigenvalue weighted by Crippen LogP contribution is -2.14. The van der Waals surface area contributed by atoms with Crippen LogP contribution in [0.15, 0.2) is 36.4 Å². The Morgan fingerprint density at radius 1 is 1.16 bits per heavy atom. The lowest BCUT2D eigenvalue weighted by atomic mass is 10.2. The highest BCUT2D eigenvalue weighted by Gasteiger charge is 2.13. The van der Waals surface area contributed by atoms with E-state index in [2.05, 4.69) is 5.32 Å². The summed E-state index contributed by atoms with van der Waals surface area (Å²) < 4.78 is 26.1. The van der Waals surface area contributed by atoms with Crippen molar-refractivity contribution in [2.45, 2.75) is 0 Å². The molecule has 3 nitrogen and oxygen atoms in total. The molecule has 0 heterocycles.